The van der Waals surface area contributed by atoms with Crippen molar-refractivity contribution < 1.29 is 0 Å². The summed E-state index contributed by atoms with van der Waals surface area (Å²) in [4.78, 5) is 0. The monoisotopic (exact) mass is 80.1 g/mol. The van der Waals surface area contributed by atoms with E-state index in [1.807, 2.05) is 0 Å². The average Bonchev–Trinajstić information content (AvgIpc) is 1.65. The quantitative estimate of drug-likeness (QED) is 0.448. The molecule has 0 saturated heterocycles. The molecule has 0 aromatic heterocycles. The Labute approximate surface area is 39.1 Å². The molecule has 0 bridgehead atoms. The van der Waals surface area contributed by atoms with E-state index in [0.717, 1.165) is 0 Å². The molecule has 1 radical (unpaired) electrons. The molecule has 0 aliphatic carbocycles. The van der Waals surface area contributed by atoms with E-state index >= 15 is 0 Å². The summed E-state index contributed by atoms with van der Waals surface area (Å²) in [7, 11) is 6.91. The first-order chi connectivity index (χ1) is 2.81. The van der Waals surface area contributed by atoms with Crippen molar-refractivity contribution in [2.45, 2.75) is 0 Å². The first-order valence-electron chi connectivity index (χ1n) is 1.74. The molecule has 0 unspecified atom stereocenters. The molecule has 0 heterocycles. The maximum absolute atomic E-state index is 5.16. The van der Waals surface area contributed by atoms with Gasteiger partial charge in [-0.2, -0.15) is 0 Å². The van der Waals surface area contributed by atoms with Crippen molar-refractivity contribution in [1.29, 1.82) is 0 Å². The molecule has 0 rings (SSSR count). The second kappa shape index (κ2) is 2.70. The van der Waals surface area contributed by atoms with Gasteiger partial charge in [-0.1, -0.05) is 0 Å². The molecule has 0 fully saturated rings. The predicted octanol–water partition coefficient (Wildman–Crippen LogP) is -0.310. The Hall–Kier alpha value is -0.525. The van der Waals surface area contributed by atoms with Gasteiger partial charge in [0.2, 0.25) is 0 Å². The molecule has 0 saturated carbocycles. The van der Waals surface area contributed by atoms with Gasteiger partial charge in [-0.3, -0.25) is 0 Å². The molecule has 0 amide bonds. The molecule has 6 heavy (non-hydrogen) atoms. The maximum atomic E-state index is 5.16. The third-order valence-corrected chi connectivity index (χ3v) is 0.509. The van der Waals surface area contributed by atoms with E-state index in [2.05, 4.69) is 11.9 Å². The van der Waals surface area contributed by atoms with Crippen LogP contribution >= 0.6 is 0 Å². The average molecular weight is 79.9 g/mol. The molecule has 0 aromatic rings. The summed E-state index contributed by atoms with van der Waals surface area (Å²) in [5, 5.41) is 2.69. The van der Waals surface area contributed by atoms with Crippen LogP contribution in [0.5, 0.6) is 0 Å². The van der Waals surface area contributed by atoms with Gasteiger partial charge in [0.25, 0.3) is 0 Å². The molecule has 31 valence electrons. The van der Waals surface area contributed by atoms with Crippen molar-refractivity contribution >= 4 is 13.1 Å². The van der Waals surface area contributed by atoms with Crippen LogP contribution in [0.15, 0.2) is 12.7 Å². The van der Waals surface area contributed by atoms with Gasteiger partial charge in [0.05, 0.1) is 0 Å². The zero-order valence-corrected chi connectivity index (χ0v) is 3.86. The summed E-state index contributed by atoms with van der Waals surface area (Å²) in [5.74, 6) is 0. The van der Waals surface area contributed by atoms with Crippen molar-refractivity contribution in [3.63, 3.8) is 0 Å². The van der Waals surface area contributed by atoms with Crippen molar-refractivity contribution in [1.82, 2.24) is 5.32 Å². The fourth-order valence-electron chi connectivity index (χ4n) is 0.102. The molecular weight excluding hydrogens is 72.9 g/mol. The fourth-order valence-corrected chi connectivity index (χ4v) is 0.102. The molecule has 0 aliphatic heterocycles. The van der Waals surface area contributed by atoms with Crippen LogP contribution in [0.25, 0.3) is 0 Å². The second-order valence-electron chi connectivity index (χ2n) is 0.909. The zero-order chi connectivity index (χ0) is 4.99. The minimum atomic E-state index is 0.606. The predicted molar refractivity (Wildman–Crippen MR) is 30.0 cm³/mol. The van der Waals surface area contributed by atoms with Crippen LogP contribution in [0.4, 0.5) is 0 Å². The number of hydrogen-bond donors (Lipinski definition) is 1. The number of rotatable bonds is 2. The summed E-state index contributed by atoms with van der Waals surface area (Å²) < 4.78 is 0. The van der Waals surface area contributed by atoms with E-state index in [4.69, 9.17) is 7.49 Å². The Morgan fingerprint density at radius 2 is 2.50 bits per heavy atom. The van der Waals surface area contributed by atoms with Gasteiger partial charge in [0.1, 0.15) is 0 Å². The van der Waals surface area contributed by atoms with Crippen molar-refractivity contribution in [3.05, 3.63) is 12.7 Å². The summed E-state index contributed by atoms with van der Waals surface area (Å²) in [6.07, 6.45) is 1.56. The molecule has 0 spiro atoms. The molecule has 0 atom stereocenters. The SMILES string of the molecule is [B]=C(C=C)NC. The summed E-state index contributed by atoms with van der Waals surface area (Å²) in [6, 6.07) is 0. The van der Waals surface area contributed by atoms with Crippen molar-refractivity contribution in [2.24, 2.45) is 0 Å². The Morgan fingerprint density at radius 1 is 2.00 bits per heavy atom. The number of hydrogen-bond acceptors (Lipinski definition) is 1. The first kappa shape index (κ1) is 5.47. The van der Waals surface area contributed by atoms with Gasteiger partial charge in [0, 0.05) is 0 Å². The molecular formula is C4H7BN. The van der Waals surface area contributed by atoms with Gasteiger partial charge in [-0.25, -0.2) is 0 Å². The van der Waals surface area contributed by atoms with Crippen molar-refractivity contribution in [3.8, 4) is 0 Å². The van der Waals surface area contributed by atoms with Crippen LogP contribution in [0, 0.1) is 0 Å². The van der Waals surface area contributed by atoms with E-state index < -0.39 is 0 Å². The zero-order valence-electron chi connectivity index (χ0n) is 3.86. The van der Waals surface area contributed by atoms with E-state index in [1.54, 1.807) is 13.1 Å². The van der Waals surface area contributed by atoms with E-state index in [9.17, 15) is 0 Å². The normalized spacial score (nSPS) is 6.67. The summed E-state index contributed by atoms with van der Waals surface area (Å²) in [6.45, 7) is 3.41. The summed E-state index contributed by atoms with van der Waals surface area (Å²) >= 11 is 0. The van der Waals surface area contributed by atoms with Crippen molar-refractivity contribution in [2.75, 3.05) is 7.05 Å². The Kier molecular flexibility index (Phi) is 2.46. The van der Waals surface area contributed by atoms with Gasteiger partial charge in [0.15, 0.2) is 0 Å². The summed E-state index contributed by atoms with van der Waals surface area (Å²) in [5.41, 5.74) is 0.606. The van der Waals surface area contributed by atoms with Crippen LogP contribution in [-0.2, 0) is 0 Å². The third kappa shape index (κ3) is 1.76. The van der Waals surface area contributed by atoms with Crippen LogP contribution in [0.1, 0.15) is 0 Å². The van der Waals surface area contributed by atoms with E-state index in [1.165, 1.54) is 0 Å². The van der Waals surface area contributed by atoms with Gasteiger partial charge >= 0.3 is 38.1 Å². The van der Waals surface area contributed by atoms with Crippen LogP contribution in [0.3, 0.4) is 0 Å². The molecule has 1 nitrogen and oxygen atoms in total. The molecule has 1 N–H and O–H groups in total. The minimum absolute atomic E-state index is 0.606. The van der Waals surface area contributed by atoms with Gasteiger partial charge in [-0.05, 0) is 0 Å². The third-order valence-electron chi connectivity index (χ3n) is 0.509. The fraction of sp³-hybridized carbons (Fsp3) is 0.250. The topological polar surface area (TPSA) is 12.0 Å². The van der Waals surface area contributed by atoms with E-state index in [-0.39, 0.29) is 0 Å². The second-order valence-corrected chi connectivity index (χ2v) is 0.909. The molecule has 2 heteroatoms. The van der Waals surface area contributed by atoms with Gasteiger partial charge < -0.3 is 0 Å². The first-order valence-corrected chi connectivity index (χ1v) is 1.74. The van der Waals surface area contributed by atoms with Crippen LogP contribution in [0.2, 0.25) is 0 Å². The molecule has 0 aromatic carbocycles. The number of likely N-dealkylation sites (N-methyl/N-ethyl adjacent to an activating group) is 1. The van der Waals surface area contributed by atoms with Gasteiger partial charge in [-0.15, -0.1) is 0 Å². The Bertz CT molecular complexity index is 67.9. The Morgan fingerprint density at radius 3 is 2.50 bits per heavy atom. The Balaban J connectivity index is 3.23. The molecule has 0 aliphatic rings. The van der Waals surface area contributed by atoms with Crippen LogP contribution < -0.4 is 5.32 Å². The number of nitrogens with one attached hydrogen (secondary N) is 1. The van der Waals surface area contributed by atoms with E-state index in [0.29, 0.717) is 5.59 Å². The van der Waals surface area contributed by atoms with Crippen LogP contribution in [-0.4, -0.2) is 20.1 Å². The standard InChI is InChI=1S/C4H7BN/c1-3-4(5)6-2/h3,6H,1H2,2H3.